The van der Waals surface area contributed by atoms with E-state index in [-0.39, 0.29) is 5.97 Å². The van der Waals surface area contributed by atoms with E-state index < -0.39 is 5.54 Å². The highest BCUT2D eigenvalue weighted by molar-refractivity contribution is 5.80. The number of esters is 1. The maximum atomic E-state index is 11.9. The van der Waals surface area contributed by atoms with Crippen LogP contribution < -0.4 is 5.32 Å². The van der Waals surface area contributed by atoms with Crippen molar-refractivity contribution in [1.29, 1.82) is 0 Å². The predicted octanol–water partition coefficient (Wildman–Crippen LogP) is 0.740. The molecule has 0 spiro atoms. The highest BCUT2D eigenvalue weighted by Crippen LogP contribution is 2.24. The number of nitrogens with one attached hydrogen (secondary N) is 1. The van der Waals surface area contributed by atoms with Crippen molar-refractivity contribution < 1.29 is 23.7 Å². The van der Waals surface area contributed by atoms with Crippen molar-refractivity contribution in [1.82, 2.24) is 5.32 Å². The molecular weight excluding hydrogens is 262 g/mol. The highest BCUT2D eigenvalue weighted by atomic mass is 16.5. The van der Waals surface area contributed by atoms with E-state index in [1.165, 1.54) is 7.11 Å². The second-order valence-electron chi connectivity index (χ2n) is 5.21. The fraction of sp³-hybridized carbons (Fsp3) is 0.929. The zero-order valence-corrected chi connectivity index (χ0v) is 12.8. The summed E-state index contributed by atoms with van der Waals surface area (Å²) in [7, 11) is 3.06. The van der Waals surface area contributed by atoms with Gasteiger partial charge < -0.3 is 18.9 Å². The molecule has 1 unspecified atom stereocenters. The first-order valence-corrected chi connectivity index (χ1v) is 7.13. The van der Waals surface area contributed by atoms with Crippen LogP contribution in [0, 0.1) is 0 Å². The Hall–Kier alpha value is -0.690. The van der Waals surface area contributed by atoms with E-state index in [0.717, 1.165) is 12.8 Å². The third-order valence-electron chi connectivity index (χ3n) is 3.29. The summed E-state index contributed by atoms with van der Waals surface area (Å²) in [5, 5.41) is 3.33. The summed E-state index contributed by atoms with van der Waals surface area (Å²) in [4.78, 5) is 11.9. The summed E-state index contributed by atoms with van der Waals surface area (Å²) >= 11 is 0. The number of carbonyl (C=O) groups is 1. The maximum absolute atomic E-state index is 11.9. The molecule has 0 heterocycles. The second kappa shape index (κ2) is 9.28. The quantitative estimate of drug-likeness (QED) is 0.422. The molecule has 0 amide bonds. The average molecular weight is 289 g/mol. The minimum Gasteiger partial charge on any atom is -0.468 e. The van der Waals surface area contributed by atoms with E-state index in [0.29, 0.717) is 45.5 Å². The number of ether oxygens (including phenoxy) is 4. The lowest BCUT2D eigenvalue weighted by Crippen LogP contribution is -2.52. The fourth-order valence-corrected chi connectivity index (χ4v) is 1.88. The Morgan fingerprint density at radius 2 is 1.70 bits per heavy atom. The summed E-state index contributed by atoms with van der Waals surface area (Å²) < 4.78 is 20.5. The number of carbonyl (C=O) groups excluding carboxylic acids is 1. The van der Waals surface area contributed by atoms with Crippen molar-refractivity contribution >= 4 is 5.97 Å². The molecule has 20 heavy (non-hydrogen) atoms. The van der Waals surface area contributed by atoms with Crippen LogP contribution in [0.15, 0.2) is 0 Å². The molecule has 0 aromatic carbocycles. The van der Waals surface area contributed by atoms with Crippen LogP contribution in [0.5, 0.6) is 0 Å². The molecule has 1 atom stereocenters. The fourth-order valence-electron chi connectivity index (χ4n) is 1.88. The molecule has 1 rings (SSSR count). The van der Waals surface area contributed by atoms with E-state index in [4.69, 9.17) is 18.9 Å². The molecule has 1 N–H and O–H groups in total. The molecule has 0 saturated heterocycles. The Labute approximate surface area is 121 Å². The van der Waals surface area contributed by atoms with Gasteiger partial charge in [0.25, 0.3) is 0 Å². The zero-order valence-electron chi connectivity index (χ0n) is 12.8. The molecule has 6 heteroatoms. The SMILES string of the molecule is COCCOCCOCCC(C)(NC1CC1)C(=O)OC. The standard InChI is InChI=1S/C14H27NO5/c1-14(13(16)18-3,15-12-4-5-12)6-7-19-10-11-20-9-8-17-2/h12,15H,4-11H2,1-3H3. The van der Waals surface area contributed by atoms with Crippen LogP contribution in [0.4, 0.5) is 0 Å². The Kier molecular flexibility index (Phi) is 8.06. The van der Waals surface area contributed by atoms with Crippen molar-refractivity contribution in [3.63, 3.8) is 0 Å². The Bertz CT molecular complexity index is 283. The van der Waals surface area contributed by atoms with Gasteiger partial charge in [0.2, 0.25) is 0 Å². The van der Waals surface area contributed by atoms with Crippen molar-refractivity contribution in [2.75, 3.05) is 47.3 Å². The van der Waals surface area contributed by atoms with Crippen LogP contribution in [0.1, 0.15) is 26.2 Å². The van der Waals surface area contributed by atoms with E-state index in [2.05, 4.69) is 5.32 Å². The van der Waals surface area contributed by atoms with Gasteiger partial charge in [-0.05, 0) is 26.2 Å². The maximum Gasteiger partial charge on any atom is 0.325 e. The van der Waals surface area contributed by atoms with E-state index in [1.807, 2.05) is 6.92 Å². The number of hydrogen-bond acceptors (Lipinski definition) is 6. The van der Waals surface area contributed by atoms with Gasteiger partial charge in [-0.2, -0.15) is 0 Å². The number of rotatable bonds is 12. The predicted molar refractivity (Wildman–Crippen MR) is 74.7 cm³/mol. The van der Waals surface area contributed by atoms with Crippen LogP contribution in [-0.2, 0) is 23.7 Å². The Balaban J connectivity index is 2.13. The lowest BCUT2D eigenvalue weighted by Gasteiger charge is -2.28. The number of hydrogen-bond donors (Lipinski definition) is 1. The van der Waals surface area contributed by atoms with Gasteiger partial charge in [0.15, 0.2) is 0 Å². The van der Waals surface area contributed by atoms with Crippen molar-refractivity contribution in [2.45, 2.75) is 37.8 Å². The first kappa shape index (κ1) is 17.4. The molecule has 6 nitrogen and oxygen atoms in total. The monoisotopic (exact) mass is 289 g/mol. The van der Waals surface area contributed by atoms with Crippen LogP contribution in [-0.4, -0.2) is 64.8 Å². The summed E-state index contributed by atoms with van der Waals surface area (Å²) in [6, 6.07) is 0.441. The molecule has 1 fully saturated rings. The second-order valence-corrected chi connectivity index (χ2v) is 5.21. The van der Waals surface area contributed by atoms with Gasteiger partial charge in [0.1, 0.15) is 5.54 Å². The van der Waals surface area contributed by atoms with Crippen molar-refractivity contribution in [3.8, 4) is 0 Å². The summed E-state index contributed by atoms with van der Waals surface area (Å²) in [5.41, 5.74) is -0.660. The molecule has 118 valence electrons. The van der Waals surface area contributed by atoms with Crippen LogP contribution in [0.25, 0.3) is 0 Å². The van der Waals surface area contributed by atoms with Gasteiger partial charge >= 0.3 is 5.97 Å². The van der Waals surface area contributed by atoms with Gasteiger partial charge in [-0.1, -0.05) is 0 Å². The average Bonchev–Trinajstić information content (AvgIpc) is 3.24. The molecule has 1 aliphatic carbocycles. The lowest BCUT2D eigenvalue weighted by molar-refractivity contribution is -0.149. The van der Waals surface area contributed by atoms with Gasteiger partial charge in [-0.3, -0.25) is 10.1 Å². The molecule has 1 saturated carbocycles. The van der Waals surface area contributed by atoms with E-state index in [9.17, 15) is 4.79 Å². The minimum atomic E-state index is -0.660. The first-order chi connectivity index (χ1) is 9.62. The molecule has 0 aliphatic heterocycles. The van der Waals surface area contributed by atoms with Gasteiger partial charge in [-0.15, -0.1) is 0 Å². The molecule has 0 bridgehead atoms. The normalized spacial score (nSPS) is 17.8. The van der Waals surface area contributed by atoms with Gasteiger partial charge in [0.05, 0.1) is 33.5 Å². The molecule has 0 aromatic heterocycles. The lowest BCUT2D eigenvalue weighted by atomic mass is 9.98. The van der Waals surface area contributed by atoms with Crippen LogP contribution in [0.3, 0.4) is 0 Å². The van der Waals surface area contributed by atoms with Crippen molar-refractivity contribution in [2.24, 2.45) is 0 Å². The van der Waals surface area contributed by atoms with Crippen LogP contribution in [0.2, 0.25) is 0 Å². The number of methoxy groups -OCH3 is 2. The minimum absolute atomic E-state index is 0.232. The van der Waals surface area contributed by atoms with E-state index in [1.54, 1.807) is 7.11 Å². The molecular formula is C14H27NO5. The highest BCUT2D eigenvalue weighted by Gasteiger charge is 2.38. The van der Waals surface area contributed by atoms with E-state index >= 15 is 0 Å². The first-order valence-electron chi connectivity index (χ1n) is 7.13. The van der Waals surface area contributed by atoms with Crippen LogP contribution >= 0.6 is 0 Å². The Morgan fingerprint density at radius 1 is 1.10 bits per heavy atom. The summed E-state index contributed by atoms with van der Waals surface area (Å²) in [6.45, 7) is 4.59. The van der Waals surface area contributed by atoms with Gasteiger partial charge in [0, 0.05) is 19.8 Å². The summed E-state index contributed by atoms with van der Waals surface area (Å²) in [5.74, 6) is -0.232. The van der Waals surface area contributed by atoms with Crippen molar-refractivity contribution in [3.05, 3.63) is 0 Å². The Morgan fingerprint density at radius 3 is 2.25 bits per heavy atom. The third kappa shape index (κ3) is 6.65. The molecule has 0 radical (unpaired) electrons. The largest absolute Gasteiger partial charge is 0.468 e. The zero-order chi connectivity index (χ0) is 14.8. The third-order valence-corrected chi connectivity index (χ3v) is 3.29. The molecule has 1 aliphatic rings. The summed E-state index contributed by atoms with van der Waals surface area (Å²) in [6.07, 6.45) is 2.84. The topological polar surface area (TPSA) is 66.0 Å². The smallest absolute Gasteiger partial charge is 0.325 e. The van der Waals surface area contributed by atoms with Gasteiger partial charge in [-0.25, -0.2) is 0 Å². The molecule has 0 aromatic rings.